The second-order valence-corrected chi connectivity index (χ2v) is 17.0. The van der Waals surface area contributed by atoms with Crippen LogP contribution < -0.4 is 15.5 Å². The van der Waals surface area contributed by atoms with Crippen molar-refractivity contribution in [2.75, 3.05) is 41.7 Å². The molecule has 2 aliphatic rings. The first kappa shape index (κ1) is 35.3. The third kappa shape index (κ3) is 6.79. The first-order valence-electron chi connectivity index (χ1n) is 17.2. The van der Waals surface area contributed by atoms with Crippen molar-refractivity contribution in [1.82, 2.24) is 14.9 Å². The van der Waals surface area contributed by atoms with Gasteiger partial charge in [-0.3, -0.25) is 5.32 Å². The summed E-state index contributed by atoms with van der Waals surface area (Å²) in [6, 6.07) is 18.1. The number of piperidine rings is 1. The number of carbonyl (C=O) groups is 1. The summed E-state index contributed by atoms with van der Waals surface area (Å²) in [4.78, 5) is 27.0. The fraction of sp³-hybridized carbons (Fsp3) is 0.308. The third-order valence-electron chi connectivity index (χ3n) is 9.89. The minimum Gasteiger partial charge on any atom is -0.506 e. The van der Waals surface area contributed by atoms with Gasteiger partial charge in [0.05, 0.1) is 43.1 Å². The van der Waals surface area contributed by atoms with Gasteiger partial charge in [0.2, 0.25) is 0 Å². The number of benzene rings is 4. The molecule has 8 rings (SSSR count). The number of likely N-dealkylation sites (tertiary alicyclic amines) is 1. The fourth-order valence-corrected chi connectivity index (χ4v) is 9.55. The molecule has 3 N–H and O–H groups in total. The molecule has 6 aromatic rings. The van der Waals surface area contributed by atoms with E-state index in [0.717, 1.165) is 67.1 Å². The summed E-state index contributed by atoms with van der Waals surface area (Å²) in [5, 5.41) is 18.3. The van der Waals surface area contributed by atoms with Crippen molar-refractivity contribution < 1.29 is 27.5 Å². The summed E-state index contributed by atoms with van der Waals surface area (Å²) < 4.78 is 55.9. The monoisotopic (exact) mass is 760 g/mol. The van der Waals surface area contributed by atoms with Crippen molar-refractivity contribution in [3.63, 3.8) is 0 Å². The molecule has 1 spiro atoms. The number of alkyl halides is 3. The summed E-state index contributed by atoms with van der Waals surface area (Å²) >= 11 is 2.49. The molecule has 0 radical (unpaired) electrons. The minimum absolute atomic E-state index is 0.0548. The number of aromatic hydroxyl groups is 1. The van der Waals surface area contributed by atoms with Gasteiger partial charge in [0, 0.05) is 24.1 Å². The lowest BCUT2D eigenvalue weighted by Crippen LogP contribution is -2.47. The number of hydrogen-bond acceptors (Lipinski definition) is 8. The second kappa shape index (κ2) is 13.0. The molecular weight excluding hydrogens is 725 g/mol. The molecule has 4 heterocycles. The molecule has 2 aromatic heterocycles. The Morgan fingerprint density at radius 1 is 0.906 bits per heavy atom. The molecule has 1 fully saturated rings. The van der Waals surface area contributed by atoms with Crippen LogP contribution >= 0.6 is 22.7 Å². The first-order valence-corrected chi connectivity index (χ1v) is 18.9. The van der Waals surface area contributed by atoms with E-state index in [0.29, 0.717) is 48.7 Å². The summed E-state index contributed by atoms with van der Waals surface area (Å²) in [5.41, 5.74) is 3.19. The van der Waals surface area contributed by atoms with Crippen molar-refractivity contribution in [3.8, 4) is 16.3 Å². The average Bonchev–Trinajstić information content (AvgIpc) is 3.79. The number of phenolic OH excluding ortho intramolecular Hbond substituents is 1. The number of phenols is 1. The number of carbonyl (C=O) groups excluding carboxylic acids is 1. The summed E-state index contributed by atoms with van der Waals surface area (Å²) in [5.74, 6) is -0.334. The van der Waals surface area contributed by atoms with Gasteiger partial charge in [-0.25, -0.2) is 19.2 Å². The number of hydrogen-bond donors (Lipinski definition) is 3. The Kier molecular flexibility index (Phi) is 8.62. The number of nitrogens with one attached hydrogen (secondary N) is 2. The zero-order valence-corrected chi connectivity index (χ0v) is 30.8. The van der Waals surface area contributed by atoms with Crippen molar-refractivity contribution in [3.05, 3.63) is 89.7 Å². The van der Waals surface area contributed by atoms with Crippen LogP contribution in [0.25, 0.3) is 31.0 Å². The second-order valence-electron chi connectivity index (χ2n) is 15.0. The van der Waals surface area contributed by atoms with E-state index < -0.39 is 23.2 Å². The molecule has 53 heavy (non-hydrogen) atoms. The van der Waals surface area contributed by atoms with Crippen LogP contribution in [0.4, 0.5) is 44.5 Å². The van der Waals surface area contributed by atoms with E-state index in [1.54, 1.807) is 18.2 Å². The fourth-order valence-electron chi connectivity index (χ4n) is 7.69. The molecule has 0 saturated carbocycles. The van der Waals surface area contributed by atoms with E-state index >= 15 is 0 Å². The van der Waals surface area contributed by atoms with Crippen LogP contribution in [0, 0.1) is 11.2 Å². The summed E-state index contributed by atoms with van der Waals surface area (Å²) in [6.45, 7) is 9.72. The molecule has 4 aromatic carbocycles. The van der Waals surface area contributed by atoms with E-state index in [9.17, 15) is 27.5 Å². The number of nitrogens with zero attached hydrogens (tertiary/aromatic N) is 4. The van der Waals surface area contributed by atoms with Crippen LogP contribution in [0.1, 0.15) is 44.7 Å². The average molecular weight is 761 g/mol. The number of halogens is 4. The van der Waals surface area contributed by atoms with Crippen LogP contribution in [-0.2, 0) is 11.6 Å². The normalized spacial score (nSPS) is 16.1. The highest BCUT2D eigenvalue weighted by Gasteiger charge is 2.49. The molecule has 14 heteroatoms. The van der Waals surface area contributed by atoms with Gasteiger partial charge in [0.15, 0.2) is 5.13 Å². The summed E-state index contributed by atoms with van der Waals surface area (Å²) in [7, 11) is 0. The molecule has 2 amide bonds. The number of amides is 2. The standard InChI is InChI=1S/C39H36F4N6O2S2/c1-37(2,3)20-48-16-14-38(15-17-48)21-49(28-7-5-4-6-25(28)45-35(51)47-36-46-26-11-9-23(40)19-31(26)53-36)33-29(50)12-10-24(32(33)38)34-44-27-18-22(39(41,42)43)8-13-30(27)52-34/h4-13,18-19,50H,14-17,20-21H2,1-3H3,(H2,45,46,47,51). The summed E-state index contributed by atoms with van der Waals surface area (Å²) in [6.07, 6.45) is -2.93. The number of anilines is 4. The molecule has 1 saturated heterocycles. The lowest BCUT2D eigenvalue weighted by Gasteiger charge is -2.42. The minimum atomic E-state index is -4.49. The van der Waals surface area contributed by atoms with Gasteiger partial charge >= 0.3 is 12.2 Å². The highest BCUT2D eigenvalue weighted by Crippen LogP contribution is 2.57. The van der Waals surface area contributed by atoms with Crippen LogP contribution in [-0.4, -0.2) is 52.2 Å². The number of rotatable bonds is 5. The molecule has 0 unspecified atom stereocenters. The number of urea groups is 1. The highest BCUT2D eigenvalue weighted by molar-refractivity contribution is 7.22. The molecule has 274 valence electrons. The van der Waals surface area contributed by atoms with E-state index in [-0.39, 0.29) is 22.5 Å². The number of fused-ring (bicyclic) bond motifs is 4. The number of thiazole rings is 2. The van der Waals surface area contributed by atoms with Crippen LogP contribution in [0.2, 0.25) is 0 Å². The molecular formula is C39H36F4N6O2S2. The Balaban J connectivity index is 1.18. The smallest absolute Gasteiger partial charge is 0.416 e. The topological polar surface area (TPSA) is 93.6 Å². The van der Waals surface area contributed by atoms with Crippen LogP contribution in [0.3, 0.4) is 0 Å². The Morgan fingerprint density at radius 2 is 1.68 bits per heavy atom. The lowest BCUT2D eigenvalue weighted by molar-refractivity contribution is -0.137. The third-order valence-corrected chi connectivity index (χ3v) is 11.9. The highest BCUT2D eigenvalue weighted by atomic mass is 32.1. The van der Waals surface area contributed by atoms with Crippen molar-refractivity contribution >= 4 is 71.3 Å². The maximum atomic E-state index is 13.8. The molecule has 8 nitrogen and oxygen atoms in total. The van der Waals surface area contributed by atoms with E-state index in [2.05, 4.69) is 41.3 Å². The lowest BCUT2D eigenvalue weighted by atomic mass is 9.72. The van der Waals surface area contributed by atoms with Crippen LogP contribution in [0.5, 0.6) is 5.75 Å². The zero-order chi connectivity index (χ0) is 37.3. The maximum absolute atomic E-state index is 13.8. The van der Waals surface area contributed by atoms with Crippen LogP contribution in [0.15, 0.2) is 72.8 Å². The quantitative estimate of drug-likeness (QED) is 0.152. The zero-order valence-electron chi connectivity index (χ0n) is 29.1. The predicted molar refractivity (Wildman–Crippen MR) is 204 cm³/mol. The Bertz CT molecular complexity index is 2380. The van der Waals surface area contributed by atoms with Gasteiger partial charge < -0.3 is 20.2 Å². The number of aromatic nitrogens is 2. The van der Waals surface area contributed by atoms with Crippen molar-refractivity contribution in [2.24, 2.45) is 5.41 Å². The maximum Gasteiger partial charge on any atom is 0.416 e. The molecule has 0 atom stereocenters. The van der Waals surface area contributed by atoms with Crippen molar-refractivity contribution in [2.45, 2.75) is 45.2 Å². The van der Waals surface area contributed by atoms with E-state index in [4.69, 9.17) is 4.98 Å². The predicted octanol–water partition coefficient (Wildman–Crippen LogP) is 10.6. The van der Waals surface area contributed by atoms with Gasteiger partial charge in [-0.1, -0.05) is 44.2 Å². The van der Waals surface area contributed by atoms with Crippen molar-refractivity contribution in [1.29, 1.82) is 0 Å². The van der Waals surface area contributed by atoms with Gasteiger partial charge in [-0.15, -0.1) is 11.3 Å². The largest absolute Gasteiger partial charge is 0.506 e. The molecule has 0 aliphatic carbocycles. The number of para-hydroxylation sites is 2. The first-order chi connectivity index (χ1) is 25.2. The van der Waals surface area contributed by atoms with Gasteiger partial charge in [0.1, 0.15) is 16.6 Å². The van der Waals surface area contributed by atoms with Gasteiger partial charge in [-0.05, 0) is 97.6 Å². The Morgan fingerprint density at radius 3 is 2.43 bits per heavy atom. The van der Waals surface area contributed by atoms with Gasteiger partial charge in [0.25, 0.3) is 0 Å². The van der Waals surface area contributed by atoms with Gasteiger partial charge in [-0.2, -0.15) is 13.2 Å². The van der Waals surface area contributed by atoms with E-state index in [1.807, 2.05) is 29.2 Å². The SMILES string of the molecule is CC(C)(C)CN1CCC2(CC1)CN(c1ccccc1NC(=O)Nc1nc3ccc(F)cc3s1)c1c(O)ccc(-c3nc4cc(C(F)(F)F)ccc4s3)c12. The Hall–Kier alpha value is -4.79. The molecule has 0 bridgehead atoms. The Labute approximate surface area is 311 Å². The van der Waals surface area contributed by atoms with E-state index in [1.165, 1.54) is 29.5 Å². The molecule has 2 aliphatic heterocycles.